The maximum atomic E-state index is 9.50. The largest absolute Gasteiger partial charge is 0.398 e. The number of hydrogen-bond acceptors (Lipinski definition) is 1. The van der Waals surface area contributed by atoms with E-state index in [0.29, 0.717) is 7.18 Å². The summed E-state index contributed by atoms with van der Waals surface area (Å²) >= 11 is 0. The third kappa shape index (κ3) is 4.21. The molecule has 3 rings (SSSR count). The summed E-state index contributed by atoms with van der Waals surface area (Å²) in [5.74, 6) is 0. The maximum Gasteiger partial charge on any atom is 0.0785 e. The Balaban J connectivity index is 0.000000598. The highest BCUT2D eigenvalue weighted by molar-refractivity contribution is 5.65. The Bertz CT molecular complexity index is 385. The van der Waals surface area contributed by atoms with Crippen molar-refractivity contribution >= 4 is 5.69 Å². The van der Waals surface area contributed by atoms with Gasteiger partial charge in [0, 0.05) is 5.69 Å². The standard InChI is InChI=1S/C14H19N.2C2H6.CH3F/c1-9-10-5-2-3-6-12(10)14(15)13-8-4-7-11(9)13;3*1-2/h2-8,15H2,1H3;2*1-2H3;1H3. The summed E-state index contributed by atoms with van der Waals surface area (Å²) in [4.78, 5) is 0. The van der Waals surface area contributed by atoms with Gasteiger partial charge in [0.1, 0.15) is 0 Å². The molecule has 2 aliphatic rings. The molecule has 0 heterocycles. The molecule has 1 aromatic carbocycles. The van der Waals surface area contributed by atoms with Crippen LogP contribution in [0.15, 0.2) is 0 Å². The Morgan fingerprint density at radius 2 is 1.00 bits per heavy atom. The fourth-order valence-corrected chi connectivity index (χ4v) is 3.44. The molecule has 21 heavy (non-hydrogen) atoms. The number of fused-ring (bicyclic) bond motifs is 2. The normalized spacial score (nSPS) is 14.2. The summed E-state index contributed by atoms with van der Waals surface area (Å²) < 4.78 is 9.50. The minimum absolute atomic E-state index is 0.500. The van der Waals surface area contributed by atoms with Gasteiger partial charge in [0.05, 0.1) is 7.18 Å². The van der Waals surface area contributed by atoms with Crippen molar-refractivity contribution in [3.05, 3.63) is 27.8 Å². The van der Waals surface area contributed by atoms with Crippen molar-refractivity contribution < 1.29 is 4.39 Å². The lowest BCUT2D eigenvalue weighted by Gasteiger charge is -2.23. The SMILES string of the molecule is CC.CC.CF.Cc1c2c(c(N)c3c1CCC3)CCCC2. The van der Waals surface area contributed by atoms with Crippen molar-refractivity contribution in [1.29, 1.82) is 0 Å². The molecule has 0 bridgehead atoms. The number of halogens is 1. The fraction of sp³-hybridized carbons (Fsp3) is 0.684. The smallest absolute Gasteiger partial charge is 0.0785 e. The van der Waals surface area contributed by atoms with Crippen LogP contribution < -0.4 is 5.73 Å². The van der Waals surface area contributed by atoms with Gasteiger partial charge >= 0.3 is 0 Å². The van der Waals surface area contributed by atoms with E-state index in [1.807, 2.05) is 27.7 Å². The number of alkyl halides is 1. The van der Waals surface area contributed by atoms with Gasteiger partial charge < -0.3 is 5.73 Å². The summed E-state index contributed by atoms with van der Waals surface area (Å²) in [5.41, 5.74) is 15.2. The summed E-state index contributed by atoms with van der Waals surface area (Å²) in [6.07, 6.45) is 8.95. The van der Waals surface area contributed by atoms with Crippen molar-refractivity contribution in [2.45, 2.75) is 79.6 Å². The van der Waals surface area contributed by atoms with Gasteiger partial charge in [0.2, 0.25) is 0 Å². The van der Waals surface area contributed by atoms with Crippen LogP contribution in [-0.2, 0) is 25.7 Å². The molecular formula is C19H34FN. The van der Waals surface area contributed by atoms with Crippen molar-refractivity contribution in [3.8, 4) is 0 Å². The molecule has 0 radical (unpaired) electrons. The predicted molar refractivity (Wildman–Crippen MR) is 94.0 cm³/mol. The van der Waals surface area contributed by atoms with E-state index in [9.17, 15) is 4.39 Å². The summed E-state index contributed by atoms with van der Waals surface area (Å²) in [5, 5.41) is 0. The second kappa shape index (κ2) is 10.6. The van der Waals surface area contributed by atoms with Gasteiger partial charge in [-0.3, -0.25) is 4.39 Å². The molecule has 1 nitrogen and oxygen atoms in total. The second-order valence-corrected chi connectivity index (χ2v) is 5.01. The zero-order valence-electron chi connectivity index (χ0n) is 14.9. The van der Waals surface area contributed by atoms with Crippen LogP contribution in [0.4, 0.5) is 10.1 Å². The number of nitrogen functional groups attached to an aromatic ring is 1. The van der Waals surface area contributed by atoms with E-state index in [-0.39, 0.29) is 0 Å². The number of nitrogens with two attached hydrogens (primary N) is 1. The molecule has 0 aliphatic heterocycles. The monoisotopic (exact) mass is 295 g/mol. The Morgan fingerprint density at radius 3 is 1.48 bits per heavy atom. The van der Waals surface area contributed by atoms with Crippen LogP contribution in [0.2, 0.25) is 0 Å². The van der Waals surface area contributed by atoms with E-state index in [2.05, 4.69) is 6.92 Å². The highest BCUT2D eigenvalue weighted by atomic mass is 19.1. The van der Waals surface area contributed by atoms with Gasteiger partial charge in [-0.15, -0.1) is 0 Å². The lowest BCUT2D eigenvalue weighted by Crippen LogP contribution is -2.12. The first-order valence-corrected chi connectivity index (χ1v) is 8.58. The molecule has 0 unspecified atom stereocenters. The highest BCUT2D eigenvalue weighted by Crippen LogP contribution is 2.38. The van der Waals surface area contributed by atoms with E-state index in [1.165, 1.54) is 56.1 Å². The average Bonchev–Trinajstić information content (AvgIpc) is 3.08. The maximum absolute atomic E-state index is 9.50. The number of rotatable bonds is 0. The van der Waals surface area contributed by atoms with Crippen molar-refractivity contribution in [3.63, 3.8) is 0 Å². The molecule has 0 saturated heterocycles. The Hall–Kier alpha value is -1.05. The number of hydrogen-bond donors (Lipinski definition) is 1. The molecule has 0 amide bonds. The van der Waals surface area contributed by atoms with Crippen molar-refractivity contribution in [2.24, 2.45) is 0 Å². The van der Waals surface area contributed by atoms with E-state index in [4.69, 9.17) is 5.73 Å². The van der Waals surface area contributed by atoms with Gasteiger partial charge in [0.15, 0.2) is 0 Å². The van der Waals surface area contributed by atoms with Crippen LogP contribution >= 0.6 is 0 Å². The van der Waals surface area contributed by atoms with Gasteiger partial charge in [-0.25, -0.2) is 0 Å². The first-order chi connectivity index (χ1) is 10.3. The van der Waals surface area contributed by atoms with Gasteiger partial charge in [-0.1, -0.05) is 27.7 Å². The Labute approximate surface area is 131 Å². The fourth-order valence-electron chi connectivity index (χ4n) is 3.44. The molecule has 2 heteroatoms. The number of anilines is 1. The molecule has 0 fully saturated rings. The van der Waals surface area contributed by atoms with E-state index in [0.717, 1.165) is 5.69 Å². The van der Waals surface area contributed by atoms with Crippen LogP contribution in [-0.4, -0.2) is 7.18 Å². The van der Waals surface area contributed by atoms with Gasteiger partial charge in [-0.2, -0.15) is 0 Å². The zero-order chi connectivity index (χ0) is 16.4. The summed E-state index contributed by atoms with van der Waals surface area (Å²) in [6, 6.07) is 0. The first kappa shape index (κ1) is 19.9. The van der Waals surface area contributed by atoms with Crippen molar-refractivity contribution in [1.82, 2.24) is 0 Å². The van der Waals surface area contributed by atoms with E-state index < -0.39 is 0 Å². The van der Waals surface area contributed by atoms with Gasteiger partial charge in [0.25, 0.3) is 0 Å². The van der Waals surface area contributed by atoms with Gasteiger partial charge in [-0.05, 0) is 79.7 Å². The van der Waals surface area contributed by atoms with Crippen LogP contribution in [0, 0.1) is 6.92 Å². The van der Waals surface area contributed by atoms with Crippen LogP contribution in [0.1, 0.15) is 74.8 Å². The molecular weight excluding hydrogens is 261 g/mol. The third-order valence-corrected chi connectivity index (χ3v) is 4.24. The molecule has 0 aromatic heterocycles. The molecule has 0 saturated carbocycles. The molecule has 122 valence electrons. The summed E-state index contributed by atoms with van der Waals surface area (Å²) in [6.45, 7) is 10.3. The number of benzene rings is 1. The van der Waals surface area contributed by atoms with Crippen LogP contribution in [0.3, 0.4) is 0 Å². The van der Waals surface area contributed by atoms with Crippen LogP contribution in [0.25, 0.3) is 0 Å². The predicted octanol–water partition coefficient (Wildman–Crippen LogP) is 5.58. The average molecular weight is 295 g/mol. The Kier molecular flexibility index (Phi) is 10.1. The molecule has 0 atom stereocenters. The van der Waals surface area contributed by atoms with Crippen LogP contribution in [0.5, 0.6) is 0 Å². The summed E-state index contributed by atoms with van der Waals surface area (Å²) in [7, 11) is 0.500. The minimum atomic E-state index is 0.500. The molecule has 2 N–H and O–H groups in total. The minimum Gasteiger partial charge on any atom is -0.398 e. The highest BCUT2D eigenvalue weighted by Gasteiger charge is 2.24. The second-order valence-electron chi connectivity index (χ2n) is 5.01. The quantitative estimate of drug-likeness (QED) is 0.621. The van der Waals surface area contributed by atoms with E-state index >= 15 is 0 Å². The Morgan fingerprint density at radius 1 is 0.667 bits per heavy atom. The zero-order valence-corrected chi connectivity index (χ0v) is 14.9. The van der Waals surface area contributed by atoms with E-state index in [1.54, 1.807) is 16.7 Å². The molecule has 0 spiro atoms. The molecule has 1 aromatic rings. The lowest BCUT2D eigenvalue weighted by molar-refractivity contribution is 0.636. The molecule has 2 aliphatic carbocycles. The third-order valence-electron chi connectivity index (χ3n) is 4.24. The van der Waals surface area contributed by atoms with Crippen molar-refractivity contribution in [2.75, 3.05) is 12.9 Å². The topological polar surface area (TPSA) is 26.0 Å². The first-order valence-electron chi connectivity index (χ1n) is 8.58. The lowest BCUT2D eigenvalue weighted by atomic mass is 9.83.